The second-order valence-electron chi connectivity index (χ2n) is 6.99. The van der Waals surface area contributed by atoms with Crippen molar-refractivity contribution in [2.24, 2.45) is 0 Å². The zero-order chi connectivity index (χ0) is 17.8. The van der Waals surface area contributed by atoms with E-state index in [2.05, 4.69) is 25.8 Å². The summed E-state index contributed by atoms with van der Waals surface area (Å²) in [5.74, 6) is 0.132. The fourth-order valence-corrected chi connectivity index (χ4v) is 4.00. The van der Waals surface area contributed by atoms with Crippen LogP contribution in [0.4, 0.5) is 5.69 Å². The number of hydrogen-bond donors (Lipinski definition) is 0. The second-order valence-corrected chi connectivity index (χ2v) is 6.99. The average molecular weight is 351 g/mol. The van der Waals surface area contributed by atoms with Crippen LogP contribution in [0.25, 0.3) is 0 Å². The smallest absolute Gasteiger partial charge is 0.253 e. The van der Waals surface area contributed by atoms with Crippen molar-refractivity contribution in [3.63, 3.8) is 0 Å². The van der Waals surface area contributed by atoms with E-state index in [0.29, 0.717) is 6.04 Å². The lowest BCUT2D eigenvalue weighted by molar-refractivity contribution is 0.0611. The number of likely N-dealkylation sites (tertiary alicyclic amines) is 1. The van der Waals surface area contributed by atoms with Gasteiger partial charge in [0.15, 0.2) is 0 Å². The molecule has 2 aromatic heterocycles. The second kappa shape index (κ2) is 7.83. The van der Waals surface area contributed by atoms with Gasteiger partial charge in [0.1, 0.15) is 0 Å². The van der Waals surface area contributed by atoms with Gasteiger partial charge in [0.25, 0.3) is 5.91 Å². The predicted octanol–water partition coefficient (Wildman–Crippen LogP) is 1.90. The minimum Gasteiger partial charge on any atom is -0.368 e. The van der Waals surface area contributed by atoms with Crippen molar-refractivity contribution in [2.45, 2.75) is 18.9 Å². The third-order valence-corrected chi connectivity index (χ3v) is 5.52. The van der Waals surface area contributed by atoms with Gasteiger partial charge in [0.05, 0.1) is 11.9 Å². The van der Waals surface area contributed by atoms with Crippen LogP contribution >= 0.6 is 0 Å². The molecule has 2 aliphatic heterocycles. The fraction of sp³-hybridized carbons (Fsp3) is 0.450. The minimum absolute atomic E-state index is 0.132. The number of nitrogens with zero attached hydrogens (tertiary/aromatic N) is 5. The third-order valence-electron chi connectivity index (χ3n) is 5.52. The van der Waals surface area contributed by atoms with Gasteiger partial charge in [-0.25, -0.2) is 0 Å². The van der Waals surface area contributed by atoms with Crippen LogP contribution in [0.15, 0.2) is 49.1 Å². The number of rotatable bonds is 3. The van der Waals surface area contributed by atoms with Gasteiger partial charge in [-0.3, -0.25) is 19.7 Å². The number of piperidine rings is 1. The van der Waals surface area contributed by atoms with Crippen LogP contribution < -0.4 is 4.90 Å². The largest absolute Gasteiger partial charge is 0.368 e. The first-order valence-corrected chi connectivity index (χ1v) is 9.39. The number of aromatic nitrogens is 2. The molecule has 0 aliphatic carbocycles. The highest BCUT2D eigenvalue weighted by atomic mass is 16.2. The number of anilines is 1. The van der Waals surface area contributed by atoms with Gasteiger partial charge in [-0.15, -0.1) is 0 Å². The molecule has 4 heterocycles. The standard InChI is InChI=1S/C20H25N5O/c26-20(17-3-8-21-9-4-17)25-10-5-18(6-11-25)23-12-14-24(15-13-23)19-2-1-7-22-16-19/h1-4,7-9,16,18H,5-6,10-15H2. The summed E-state index contributed by atoms with van der Waals surface area (Å²) in [5.41, 5.74) is 1.95. The van der Waals surface area contributed by atoms with E-state index in [4.69, 9.17) is 0 Å². The van der Waals surface area contributed by atoms with Crippen LogP contribution in [-0.2, 0) is 0 Å². The van der Waals surface area contributed by atoms with E-state index in [1.807, 2.05) is 23.4 Å². The lowest BCUT2D eigenvalue weighted by Crippen LogP contribution is -2.53. The van der Waals surface area contributed by atoms with E-state index in [-0.39, 0.29) is 5.91 Å². The number of hydrogen-bond acceptors (Lipinski definition) is 5. The van der Waals surface area contributed by atoms with Crippen LogP contribution in [0.5, 0.6) is 0 Å². The Kier molecular flexibility index (Phi) is 5.11. The zero-order valence-corrected chi connectivity index (χ0v) is 15.0. The lowest BCUT2D eigenvalue weighted by Gasteiger charge is -2.43. The predicted molar refractivity (Wildman–Crippen MR) is 101 cm³/mol. The van der Waals surface area contributed by atoms with Crippen LogP contribution in [-0.4, -0.2) is 71.0 Å². The summed E-state index contributed by atoms with van der Waals surface area (Å²) in [7, 11) is 0. The van der Waals surface area contributed by atoms with E-state index >= 15 is 0 Å². The molecule has 0 spiro atoms. The molecule has 26 heavy (non-hydrogen) atoms. The van der Waals surface area contributed by atoms with E-state index in [1.165, 1.54) is 5.69 Å². The maximum Gasteiger partial charge on any atom is 0.253 e. The van der Waals surface area contributed by atoms with Gasteiger partial charge < -0.3 is 9.80 Å². The molecule has 6 nitrogen and oxygen atoms in total. The molecule has 0 saturated carbocycles. The van der Waals surface area contributed by atoms with Crippen molar-refractivity contribution in [3.8, 4) is 0 Å². The molecule has 2 saturated heterocycles. The summed E-state index contributed by atoms with van der Waals surface area (Å²) in [6.07, 6.45) is 9.25. The van der Waals surface area contributed by atoms with Crippen LogP contribution in [0, 0.1) is 0 Å². The first-order chi connectivity index (χ1) is 12.8. The highest BCUT2D eigenvalue weighted by Crippen LogP contribution is 2.21. The van der Waals surface area contributed by atoms with Gasteiger partial charge in [-0.1, -0.05) is 0 Å². The van der Waals surface area contributed by atoms with Crippen molar-refractivity contribution in [1.82, 2.24) is 19.8 Å². The van der Waals surface area contributed by atoms with Crippen LogP contribution in [0.2, 0.25) is 0 Å². The Labute approximate surface area is 154 Å². The summed E-state index contributed by atoms with van der Waals surface area (Å²) in [6.45, 7) is 5.93. The number of pyridine rings is 2. The quantitative estimate of drug-likeness (QED) is 0.845. The Bertz CT molecular complexity index is 707. The normalized spacial score (nSPS) is 19.5. The van der Waals surface area contributed by atoms with Crippen LogP contribution in [0.3, 0.4) is 0 Å². The molecule has 0 N–H and O–H groups in total. The Balaban J connectivity index is 1.27. The molecule has 0 aromatic carbocycles. The molecule has 1 amide bonds. The number of amides is 1. The Morgan fingerprint density at radius 3 is 2.27 bits per heavy atom. The molecule has 2 aromatic rings. The van der Waals surface area contributed by atoms with Gasteiger partial charge in [0, 0.05) is 69.5 Å². The topological polar surface area (TPSA) is 52.6 Å². The van der Waals surface area contributed by atoms with Crippen LogP contribution in [0.1, 0.15) is 23.2 Å². The van der Waals surface area contributed by atoms with Gasteiger partial charge in [0.2, 0.25) is 0 Å². The third kappa shape index (κ3) is 3.70. The SMILES string of the molecule is O=C(c1ccncc1)N1CCC(N2CCN(c3cccnc3)CC2)CC1. The Morgan fingerprint density at radius 2 is 1.62 bits per heavy atom. The number of piperazine rings is 1. The van der Waals surface area contributed by atoms with Crippen molar-refractivity contribution in [2.75, 3.05) is 44.2 Å². The summed E-state index contributed by atoms with van der Waals surface area (Å²) < 4.78 is 0. The molecule has 136 valence electrons. The summed E-state index contributed by atoms with van der Waals surface area (Å²) in [4.78, 5) is 27.8. The van der Waals surface area contributed by atoms with E-state index in [9.17, 15) is 4.79 Å². The summed E-state index contributed by atoms with van der Waals surface area (Å²) >= 11 is 0. The highest BCUT2D eigenvalue weighted by molar-refractivity contribution is 5.94. The van der Waals surface area contributed by atoms with Gasteiger partial charge in [-0.2, -0.15) is 0 Å². The summed E-state index contributed by atoms with van der Waals surface area (Å²) in [5, 5.41) is 0. The van der Waals surface area contributed by atoms with Crippen molar-refractivity contribution >= 4 is 11.6 Å². The molecule has 0 radical (unpaired) electrons. The molecule has 4 rings (SSSR count). The Morgan fingerprint density at radius 1 is 0.885 bits per heavy atom. The van der Waals surface area contributed by atoms with E-state index in [0.717, 1.165) is 57.7 Å². The molecule has 2 aliphatic rings. The maximum atomic E-state index is 12.6. The molecular formula is C20H25N5O. The zero-order valence-electron chi connectivity index (χ0n) is 15.0. The first-order valence-electron chi connectivity index (χ1n) is 9.39. The monoisotopic (exact) mass is 351 g/mol. The minimum atomic E-state index is 0.132. The lowest BCUT2D eigenvalue weighted by atomic mass is 10.0. The van der Waals surface area contributed by atoms with E-state index in [1.54, 1.807) is 24.5 Å². The molecule has 6 heteroatoms. The average Bonchev–Trinajstić information content (AvgIpc) is 2.75. The van der Waals surface area contributed by atoms with Crippen molar-refractivity contribution in [1.29, 1.82) is 0 Å². The molecular weight excluding hydrogens is 326 g/mol. The van der Waals surface area contributed by atoms with Gasteiger partial charge in [-0.05, 0) is 37.1 Å². The highest BCUT2D eigenvalue weighted by Gasteiger charge is 2.29. The number of carbonyl (C=O) groups is 1. The molecule has 2 fully saturated rings. The fourth-order valence-electron chi connectivity index (χ4n) is 4.00. The maximum absolute atomic E-state index is 12.6. The molecule has 0 bridgehead atoms. The van der Waals surface area contributed by atoms with Crippen molar-refractivity contribution in [3.05, 3.63) is 54.6 Å². The van der Waals surface area contributed by atoms with E-state index < -0.39 is 0 Å². The van der Waals surface area contributed by atoms with Gasteiger partial charge >= 0.3 is 0 Å². The first kappa shape index (κ1) is 17.0. The Hall–Kier alpha value is -2.47. The van der Waals surface area contributed by atoms with Crippen molar-refractivity contribution < 1.29 is 4.79 Å². The number of carbonyl (C=O) groups excluding carboxylic acids is 1. The summed E-state index contributed by atoms with van der Waals surface area (Å²) in [6, 6.07) is 8.31. The molecule has 0 unspecified atom stereocenters. The molecule has 0 atom stereocenters.